The third kappa shape index (κ3) is 2.48. The molecule has 4 nitrogen and oxygen atoms in total. The highest BCUT2D eigenvalue weighted by molar-refractivity contribution is 7.13. The van der Waals surface area contributed by atoms with Crippen LogP contribution in [0.1, 0.15) is 25.6 Å². The number of aromatic amines is 1. The lowest BCUT2D eigenvalue weighted by Crippen LogP contribution is -2.20. The highest BCUT2D eigenvalue weighted by Crippen LogP contribution is 2.21. The summed E-state index contributed by atoms with van der Waals surface area (Å²) in [6, 6.07) is 4.05. The maximum atomic E-state index is 4.51. The highest BCUT2D eigenvalue weighted by Gasteiger charge is 2.11. The van der Waals surface area contributed by atoms with E-state index in [1.807, 2.05) is 17.5 Å². The Bertz CT molecular complexity index is 421. The molecule has 0 radical (unpaired) electrons. The van der Waals surface area contributed by atoms with Gasteiger partial charge in [0.25, 0.3) is 0 Å². The first-order valence-corrected chi connectivity index (χ1v) is 6.36. The summed E-state index contributed by atoms with van der Waals surface area (Å²) < 4.78 is 0. The van der Waals surface area contributed by atoms with Gasteiger partial charge in [0.15, 0.2) is 5.82 Å². The molecule has 0 spiro atoms. The highest BCUT2D eigenvalue weighted by atomic mass is 32.1. The van der Waals surface area contributed by atoms with Crippen LogP contribution in [0.5, 0.6) is 0 Å². The first kappa shape index (κ1) is 11.3. The van der Waals surface area contributed by atoms with Gasteiger partial charge in [-0.1, -0.05) is 19.9 Å². The molecule has 16 heavy (non-hydrogen) atoms. The zero-order valence-electron chi connectivity index (χ0n) is 9.53. The molecule has 2 aromatic rings. The lowest BCUT2D eigenvalue weighted by molar-refractivity contribution is 0.610. The molecule has 0 saturated heterocycles. The Hall–Kier alpha value is -1.20. The second kappa shape index (κ2) is 5.23. The topological polar surface area (TPSA) is 53.6 Å². The van der Waals surface area contributed by atoms with E-state index in [1.54, 1.807) is 11.3 Å². The molecule has 0 aromatic carbocycles. The van der Waals surface area contributed by atoms with Crippen LogP contribution in [0.4, 0.5) is 0 Å². The van der Waals surface area contributed by atoms with Crippen LogP contribution in [0.3, 0.4) is 0 Å². The molecule has 2 rings (SSSR count). The summed E-state index contributed by atoms with van der Waals surface area (Å²) in [6.07, 6.45) is 0. The van der Waals surface area contributed by atoms with E-state index in [0.717, 1.165) is 29.6 Å². The molecule has 2 aromatic heterocycles. The van der Waals surface area contributed by atoms with Gasteiger partial charge in [0, 0.05) is 12.5 Å². The fourth-order valence-corrected chi connectivity index (χ4v) is 2.13. The number of aromatic nitrogens is 3. The van der Waals surface area contributed by atoms with Gasteiger partial charge >= 0.3 is 0 Å². The van der Waals surface area contributed by atoms with Crippen LogP contribution >= 0.6 is 11.3 Å². The van der Waals surface area contributed by atoms with Crippen LogP contribution in [0.15, 0.2) is 17.5 Å². The standard InChI is InChI=1S/C11H16N4S/c1-3-12-7-8(2)10-13-11(15-14-10)9-5-4-6-16-9/h4-6,8,12H,3,7H2,1-2H3,(H,13,14,15). The molecule has 0 aliphatic rings. The predicted molar refractivity (Wildman–Crippen MR) is 66.7 cm³/mol. The van der Waals surface area contributed by atoms with Gasteiger partial charge in [-0.3, -0.25) is 5.10 Å². The van der Waals surface area contributed by atoms with Crippen LogP contribution in [0.2, 0.25) is 0 Å². The summed E-state index contributed by atoms with van der Waals surface area (Å²) in [6.45, 7) is 6.15. The van der Waals surface area contributed by atoms with Crippen LogP contribution < -0.4 is 5.32 Å². The molecule has 1 atom stereocenters. The molecule has 0 amide bonds. The molecule has 0 saturated carbocycles. The Kier molecular flexibility index (Phi) is 3.69. The van der Waals surface area contributed by atoms with Crippen molar-refractivity contribution >= 4 is 11.3 Å². The Morgan fingerprint density at radius 1 is 1.56 bits per heavy atom. The molecule has 2 heterocycles. The number of likely N-dealkylation sites (N-methyl/N-ethyl adjacent to an activating group) is 1. The smallest absolute Gasteiger partial charge is 0.191 e. The normalized spacial score (nSPS) is 12.9. The summed E-state index contributed by atoms with van der Waals surface area (Å²) in [5.41, 5.74) is 0. The molecule has 5 heteroatoms. The lowest BCUT2D eigenvalue weighted by atomic mass is 10.2. The van der Waals surface area contributed by atoms with Crippen LogP contribution in [0, 0.1) is 0 Å². The van der Waals surface area contributed by atoms with Crippen molar-refractivity contribution in [3.63, 3.8) is 0 Å². The van der Waals surface area contributed by atoms with Crippen LogP contribution in [-0.2, 0) is 0 Å². The van der Waals surface area contributed by atoms with Gasteiger partial charge in [-0.2, -0.15) is 5.10 Å². The van der Waals surface area contributed by atoms with Gasteiger partial charge in [0.05, 0.1) is 4.88 Å². The molecule has 0 aliphatic carbocycles. The number of hydrogen-bond acceptors (Lipinski definition) is 4. The summed E-state index contributed by atoms with van der Waals surface area (Å²) in [5, 5.41) is 12.6. The maximum absolute atomic E-state index is 4.51. The average Bonchev–Trinajstić information content (AvgIpc) is 2.94. The molecule has 86 valence electrons. The van der Waals surface area contributed by atoms with Crippen molar-refractivity contribution in [1.82, 2.24) is 20.5 Å². The van der Waals surface area contributed by atoms with Crippen molar-refractivity contribution in [1.29, 1.82) is 0 Å². The van der Waals surface area contributed by atoms with Crippen LogP contribution in [0.25, 0.3) is 10.7 Å². The molecule has 0 fully saturated rings. The minimum absolute atomic E-state index is 0.362. The SMILES string of the molecule is CCNCC(C)c1nc(-c2cccs2)n[nH]1. The van der Waals surface area contributed by atoms with E-state index in [4.69, 9.17) is 0 Å². The zero-order valence-corrected chi connectivity index (χ0v) is 10.3. The van der Waals surface area contributed by atoms with E-state index in [2.05, 4.69) is 34.3 Å². The summed E-state index contributed by atoms with van der Waals surface area (Å²) in [4.78, 5) is 5.62. The Balaban J connectivity index is 2.07. The quantitative estimate of drug-likeness (QED) is 0.837. The minimum Gasteiger partial charge on any atom is -0.316 e. The maximum Gasteiger partial charge on any atom is 0.191 e. The predicted octanol–water partition coefficient (Wildman–Crippen LogP) is 2.25. The van der Waals surface area contributed by atoms with Crippen molar-refractivity contribution < 1.29 is 0 Å². The van der Waals surface area contributed by atoms with E-state index in [-0.39, 0.29) is 0 Å². The fourth-order valence-electron chi connectivity index (χ4n) is 1.47. The average molecular weight is 236 g/mol. The third-order valence-corrected chi connectivity index (χ3v) is 3.28. The second-order valence-electron chi connectivity index (χ2n) is 3.73. The number of thiophene rings is 1. The van der Waals surface area contributed by atoms with Crippen LogP contribution in [-0.4, -0.2) is 28.3 Å². The van der Waals surface area contributed by atoms with Crippen molar-refractivity contribution in [2.24, 2.45) is 0 Å². The van der Waals surface area contributed by atoms with Gasteiger partial charge < -0.3 is 5.32 Å². The van der Waals surface area contributed by atoms with Crippen molar-refractivity contribution in [2.45, 2.75) is 19.8 Å². The monoisotopic (exact) mass is 236 g/mol. The van der Waals surface area contributed by atoms with E-state index in [0.29, 0.717) is 5.92 Å². The summed E-state index contributed by atoms with van der Waals surface area (Å²) in [5.74, 6) is 2.11. The van der Waals surface area contributed by atoms with Crippen molar-refractivity contribution in [3.8, 4) is 10.7 Å². The van der Waals surface area contributed by atoms with E-state index < -0.39 is 0 Å². The Labute approximate surface area is 99.1 Å². The second-order valence-corrected chi connectivity index (χ2v) is 4.68. The van der Waals surface area contributed by atoms with Crippen molar-refractivity contribution in [2.75, 3.05) is 13.1 Å². The van der Waals surface area contributed by atoms with Gasteiger partial charge in [0.1, 0.15) is 5.82 Å². The Morgan fingerprint density at radius 3 is 3.12 bits per heavy atom. The number of nitrogens with zero attached hydrogens (tertiary/aromatic N) is 2. The van der Waals surface area contributed by atoms with E-state index in [9.17, 15) is 0 Å². The summed E-state index contributed by atoms with van der Waals surface area (Å²) in [7, 11) is 0. The largest absolute Gasteiger partial charge is 0.316 e. The number of H-pyrrole nitrogens is 1. The van der Waals surface area contributed by atoms with Crippen molar-refractivity contribution in [3.05, 3.63) is 23.3 Å². The Morgan fingerprint density at radius 2 is 2.44 bits per heavy atom. The lowest BCUT2D eigenvalue weighted by Gasteiger charge is -2.07. The van der Waals surface area contributed by atoms with Gasteiger partial charge in [0.2, 0.25) is 0 Å². The number of hydrogen-bond donors (Lipinski definition) is 2. The summed E-state index contributed by atoms with van der Waals surface area (Å²) >= 11 is 1.66. The third-order valence-electron chi connectivity index (χ3n) is 2.41. The minimum atomic E-state index is 0.362. The number of nitrogens with one attached hydrogen (secondary N) is 2. The van der Waals surface area contributed by atoms with Gasteiger partial charge in [-0.15, -0.1) is 11.3 Å². The molecule has 1 unspecified atom stereocenters. The van der Waals surface area contributed by atoms with Gasteiger partial charge in [-0.25, -0.2) is 4.98 Å². The molecule has 0 bridgehead atoms. The molecule has 2 N–H and O–H groups in total. The molecular weight excluding hydrogens is 220 g/mol. The molecule has 0 aliphatic heterocycles. The molecular formula is C11H16N4S. The number of rotatable bonds is 5. The zero-order chi connectivity index (χ0) is 11.4. The van der Waals surface area contributed by atoms with E-state index in [1.165, 1.54) is 0 Å². The van der Waals surface area contributed by atoms with E-state index >= 15 is 0 Å². The first-order valence-electron chi connectivity index (χ1n) is 5.48. The fraction of sp³-hybridized carbons (Fsp3) is 0.455. The van der Waals surface area contributed by atoms with Gasteiger partial charge in [-0.05, 0) is 18.0 Å². The first-order chi connectivity index (χ1) is 7.81.